The number of carbonyl (C=O) groups excluding carboxylic acids is 3. The van der Waals surface area contributed by atoms with Crippen LogP contribution in [0.2, 0.25) is 5.02 Å². The number of anilines is 1. The number of halogens is 1. The van der Waals surface area contributed by atoms with E-state index in [1.54, 1.807) is 60.7 Å². The van der Waals surface area contributed by atoms with Gasteiger partial charge in [-0.1, -0.05) is 90.5 Å². The van der Waals surface area contributed by atoms with Gasteiger partial charge in [0.15, 0.2) is 17.3 Å². The van der Waals surface area contributed by atoms with E-state index in [0.717, 1.165) is 5.56 Å². The Hall–Kier alpha value is -4.88. The Bertz CT molecular complexity index is 1790. The highest BCUT2D eigenvalue weighted by Crippen LogP contribution is 2.61. The molecule has 3 aliphatic rings. The van der Waals surface area contributed by atoms with E-state index in [4.69, 9.17) is 11.6 Å². The van der Waals surface area contributed by atoms with Crippen molar-refractivity contribution in [1.29, 1.82) is 0 Å². The second-order valence-corrected chi connectivity index (χ2v) is 10.9. The molecule has 1 spiro atoms. The number of nitrogens with zero attached hydrogens (tertiary/aromatic N) is 2. The van der Waals surface area contributed by atoms with Crippen molar-refractivity contribution in [3.8, 4) is 0 Å². The Kier molecular flexibility index (Phi) is 5.56. The van der Waals surface area contributed by atoms with E-state index in [2.05, 4.69) is 0 Å². The van der Waals surface area contributed by atoms with Gasteiger partial charge in [0, 0.05) is 40.4 Å². The standard InChI is InChI=1S/C33H21ClN2O5/c34-25-11-5-4-10-24(25)30(37)29-28(20-13-16-21(17-14-20)36(40)41)33(31(38)22-8-2-3-9-23(22)32(33)39)27-18-15-19-7-1-6-12-26(19)35(27)29/h1-18,27-29H/t27-,28+,29+/m1/s1. The molecule has 7 rings (SSSR count). The molecular weight excluding hydrogens is 540 g/mol. The second kappa shape index (κ2) is 9.08. The van der Waals surface area contributed by atoms with Crippen LogP contribution in [0.5, 0.6) is 0 Å². The zero-order valence-corrected chi connectivity index (χ0v) is 22.2. The lowest BCUT2D eigenvalue weighted by atomic mass is 9.64. The minimum atomic E-state index is -1.69. The first-order chi connectivity index (χ1) is 19.9. The summed E-state index contributed by atoms with van der Waals surface area (Å²) in [7, 11) is 0. The fourth-order valence-corrected chi connectivity index (χ4v) is 7.14. The molecule has 1 fully saturated rings. The van der Waals surface area contributed by atoms with Crippen LogP contribution >= 0.6 is 11.6 Å². The highest BCUT2D eigenvalue weighted by molar-refractivity contribution is 6.35. The molecule has 4 aromatic rings. The number of non-ortho nitro benzene ring substituents is 1. The molecule has 4 aromatic carbocycles. The number of hydrogen-bond acceptors (Lipinski definition) is 6. The van der Waals surface area contributed by atoms with Gasteiger partial charge in [-0.05, 0) is 29.3 Å². The Labute approximate surface area is 239 Å². The van der Waals surface area contributed by atoms with Gasteiger partial charge in [0.05, 0.1) is 16.0 Å². The summed E-state index contributed by atoms with van der Waals surface area (Å²) in [4.78, 5) is 56.7. The van der Waals surface area contributed by atoms with E-state index >= 15 is 0 Å². The van der Waals surface area contributed by atoms with Crippen LogP contribution in [0.1, 0.15) is 48.1 Å². The minimum Gasteiger partial charge on any atom is -0.352 e. The van der Waals surface area contributed by atoms with E-state index in [0.29, 0.717) is 22.4 Å². The Balaban J connectivity index is 1.55. The predicted molar refractivity (Wildman–Crippen MR) is 155 cm³/mol. The third-order valence-corrected chi connectivity index (χ3v) is 8.91. The Morgan fingerprint density at radius 2 is 1.44 bits per heavy atom. The lowest BCUT2D eigenvalue weighted by molar-refractivity contribution is -0.384. The lowest BCUT2D eigenvalue weighted by Crippen LogP contribution is -2.48. The van der Waals surface area contributed by atoms with Crippen LogP contribution in [-0.4, -0.2) is 34.4 Å². The highest BCUT2D eigenvalue weighted by atomic mass is 35.5. The molecule has 0 unspecified atom stereocenters. The van der Waals surface area contributed by atoms with Gasteiger partial charge < -0.3 is 4.90 Å². The topological polar surface area (TPSA) is 97.6 Å². The van der Waals surface area contributed by atoms with E-state index in [-0.39, 0.29) is 33.6 Å². The summed E-state index contributed by atoms with van der Waals surface area (Å²) in [6.07, 6.45) is 3.72. The largest absolute Gasteiger partial charge is 0.352 e. The summed E-state index contributed by atoms with van der Waals surface area (Å²) >= 11 is 6.54. The van der Waals surface area contributed by atoms with Crippen LogP contribution in [0.25, 0.3) is 6.08 Å². The number of benzene rings is 4. The SMILES string of the molecule is O=C(c1ccccc1Cl)[C@@H]1[C@H](c2ccc([N+](=O)[O-])cc2)C2(C(=O)c3ccccc3C2=O)[C@H]2C=Cc3ccccc3N12. The van der Waals surface area contributed by atoms with E-state index in [9.17, 15) is 24.5 Å². The van der Waals surface area contributed by atoms with Gasteiger partial charge in [-0.3, -0.25) is 24.5 Å². The quantitative estimate of drug-likeness (QED) is 0.121. The van der Waals surface area contributed by atoms with Crippen molar-refractivity contribution in [1.82, 2.24) is 0 Å². The molecule has 41 heavy (non-hydrogen) atoms. The zero-order chi connectivity index (χ0) is 28.5. The monoisotopic (exact) mass is 560 g/mol. The van der Waals surface area contributed by atoms with Crippen LogP contribution in [0.15, 0.2) is 103 Å². The first-order valence-electron chi connectivity index (χ1n) is 13.1. The van der Waals surface area contributed by atoms with Crippen molar-refractivity contribution >= 4 is 46.4 Å². The fraction of sp³-hybridized carbons (Fsp3) is 0.121. The van der Waals surface area contributed by atoms with E-state index in [1.165, 1.54) is 12.1 Å². The maximum absolute atomic E-state index is 14.6. The van der Waals surface area contributed by atoms with Gasteiger partial charge in [-0.15, -0.1) is 0 Å². The smallest absolute Gasteiger partial charge is 0.269 e. The summed E-state index contributed by atoms with van der Waals surface area (Å²) in [6, 6.07) is 24.9. The lowest BCUT2D eigenvalue weighted by Gasteiger charge is -2.37. The van der Waals surface area contributed by atoms with Crippen LogP contribution in [-0.2, 0) is 0 Å². The van der Waals surface area contributed by atoms with Gasteiger partial charge in [-0.25, -0.2) is 0 Å². The molecule has 0 amide bonds. The van der Waals surface area contributed by atoms with Crippen molar-refractivity contribution < 1.29 is 19.3 Å². The number of nitro benzene ring substituents is 1. The molecule has 8 heteroatoms. The molecule has 2 heterocycles. The van der Waals surface area contributed by atoms with Gasteiger partial charge in [0.1, 0.15) is 11.5 Å². The Morgan fingerprint density at radius 1 is 0.829 bits per heavy atom. The number of rotatable bonds is 4. The van der Waals surface area contributed by atoms with Gasteiger partial charge in [-0.2, -0.15) is 0 Å². The molecular formula is C33H21ClN2O5. The van der Waals surface area contributed by atoms with E-state index in [1.807, 2.05) is 41.3 Å². The average molecular weight is 561 g/mol. The number of hydrogen-bond donors (Lipinski definition) is 0. The van der Waals surface area contributed by atoms with Crippen molar-refractivity contribution in [3.63, 3.8) is 0 Å². The first kappa shape index (κ1) is 25.1. The molecule has 2 aliphatic heterocycles. The van der Waals surface area contributed by atoms with Crippen LogP contribution in [0.3, 0.4) is 0 Å². The molecule has 1 saturated heterocycles. The number of Topliss-reactive ketones (excluding diaryl/α,β-unsaturated/α-hetero) is 3. The summed E-state index contributed by atoms with van der Waals surface area (Å²) in [5.41, 5.74) is 1.10. The maximum atomic E-state index is 14.6. The summed E-state index contributed by atoms with van der Waals surface area (Å²) in [5, 5.41) is 11.7. The zero-order valence-electron chi connectivity index (χ0n) is 21.4. The summed E-state index contributed by atoms with van der Waals surface area (Å²) in [5.74, 6) is -2.05. The van der Waals surface area contributed by atoms with E-state index < -0.39 is 28.3 Å². The number of para-hydroxylation sites is 1. The fourth-order valence-electron chi connectivity index (χ4n) is 6.91. The summed E-state index contributed by atoms with van der Waals surface area (Å²) in [6.45, 7) is 0. The molecule has 0 N–H and O–H groups in total. The molecule has 200 valence electrons. The van der Waals surface area contributed by atoms with Crippen molar-refractivity contribution in [3.05, 3.63) is 146 Å². The number of carbonyl (C=O) groups is 3. The van der Waals surface area contributed by atoms with Crippen molar-refractivity contribution in [2.45, 2.75) is 18.0 Å². The third-order valence-electron chi connectivity index (χ3n) is 8.58. The molecule has 0 bridgehead atoms. The highest BCUT2D eigenvalue weighted by Gasteiger charge is 2.71. The maximum Gasteiger partial charge on any atom is 0.269 e. The van der Waals surface area contributed by atoms with Gasteiger partial charge in [0.25, 0.3) is 5.69 Å². The molecule has 0 radical (unpaired) electrons. The number of fused-ring (bicyclic) bond motifs is 5. The minimum absolute atomic E-state index is 0.134. The number of ketones is 3. The third kappa shape index (κ3) is 3.36. The van der Waals surface area contributed by atoms with Crippen molar-refractivity contribution in [2.24, 2.45) is 5.41 Å². The van der Waals surface area contributed by atoms with Crippen molar-refractivity contribution in [2.75, 3.05) is 4.90 Å². The van der Waals surface area contributed by atoms with Crippen LogP contribution in [0.4, 0.5) is 11.4 Å². The summed E-state index contributed by atoms with van der Waals surface area (Å²) < 4.78 is 0. The molecule has 7 nitrogen and oxygen atoms in total. The second-order valence-electron chi connectivity index (χ2n) is 10.5. The predicted octanol–water partition coefficient (Wildman–Crippen LogP) is 6.56. The average Bonchev–Trinajstić information content (AvgIpc) is 3.43. The molecule has 1 aliphatic carbocycles. The van der Waals surface area contributed by atoms with Gasteiger partial charge in [0.2, 0.25) is 0 Å². The van der Waals surface area contributed by atoms with Gasteiger partial charge >= 0.3 is 0 Å². The normalized spacial score (nSPS) is 21.5. The molecule has 0 aromatic heterocycles. The Morgan fingerprint density at radius 3 is 2.10 bits per heavy atom. The van der Waals surface area contributed by atoms with Crippen LogP contribution < -0.4 is 4.90 Å². The molecule has 0 saturated carbocycles. The van der Waals surface area contributed by atoms with Crippen LogP contribution in [0, 0.1) is 15.5 Å². The first-order valence-corrected chi connectivity index (χ1v) is 13.5. The molecule has 3 atom stereocenters. The number of nitro groups is 1.